The van der Waals surface area contributed by atoms with Gasteiger partial charge in [0, 0.05) is 5.41 Å². The molecule has 0 aliphatic carbocycles. The van der Waals surface area contributed by atoms with E-state index >= 15 is 0 Å². The Kier molecular flexibility index (Phi) is 1.57. The molecule has 0 fully saturated rings. The van der Waals surface area contributed by atoms with Crippen molar-refractivity contribution < 1.29 is 0 Å². The summed E-state index contributed by atoms with van der Waals surface area (Å²) in [4.78, 5) is 0. The van der Waals surface area contributed by atoms with Gasteiger partial charge in [0.2, 0.25) is 0 Å². The highest BCUT2D eigenvalue weighted by molar-refractivity contribution is 4.94. The molecule has 54 valence electrons. The highest BCUT2D eigenvalue weighted by atomic mass is 15.5. The largest absolute Gasteiger partial charge is 0.182 e. The average Bonchev–Trinajstić information content (AvgIpc) is 1.88. The van der Waals surface area contributed by atoms with E-state index in [0.29, 0.717) is 5.82 Å². The SMILES string of the molecule is CC(C)(C)c1nnnnn1. The Morgan fingerprint density at radius 1 is 0.900 bits per heavy atom. The minimum absolute atomic E-state index is 0.0943. The van der Waals surface area contributed by atoms with Gasteiger partial charge in [0.05, 0.1) is 0 Å². The van der Waals surface area contributed by atoms with Crippen LogP contribution in [0.2, 0.25) is 0 Å². The molecule has 5 heteroatoms. The Hall–Kier alpha value is -1.13. The first-order chi connectivity index (χ1) is 4.61. The minimum Gasteiger partial charge on any atom is -0.111 e. The topological polar surface area (TPSA) is 64.5 Å². The van der Waals surface area contributed by atoms with Crippen molar-refractivity contribution in [2.45, 2.75) is 26.2 Å². The van der Waals surface area contributed by atoms with Crippen molar-refractivity contribution in [3.05, 3.63) is 5.82 Å². The summed E-state index contributed by atoms with van der Waals surface area (Å²) in [6.07, 6.45) is 0. The third-order valence-electron chi connectivity index (χ3n) is 1.03. The van der Waals surface area contributed by atoms with Crippen LogP contribution in [0.25, 0.3) is 0 Å². The third-order valence-corrected chi connectivity index (χ3v) is 1.03. The van der Waals surface area contributed by atoms with E-state index in [-0.39, 0.29) is 5.41 Å². The van der Waals surface area contributed by atoms with Crippen LogP contribution in [-0.4, -0.2) is 25.8 Å². The number of hydrogen-bond acceptors (Lipinski definition) is 5. The third kappa shape index (κ3) is 1.43. The summed E-state index contributed by atoms with van der Waals surface area (Å²) >= 11 is 0. The zero-order valence-electron chi connectivity index (χ0n) is 6.24. The summed E-state index contributed by atoms with van der Waals surface area (Å²) in [6, 6.07) is 0. The minimum atomic E-state index is -0.0943. The maximum Gasteiger partial charge on any atom is 0.182 e. The molecule has 0 aliphatic heterocycles. The van der Waals surface area contributed by atoms with Gasteiger partial charge in [0.1, 0.15) is 0 Å². The molecule has 5 nitrogen and oxygen atoms in total. The lowest BCUT2D eigenvalue weighted by molar-refractivity contribution is 0.492. The molecular formula is C5H9N5. The molecule has 0 N–H and O–H groups in total. The lowest BCUT2D eigenvalue weighted by Crippen LogP contribution is -2.18. The normalized spacial score (nSPS) is 11.5. The zero-order chi connectivity index (χ0) is 7.61. The van der Waals surface area contributed by atoms with E-state index in [1.807, 2.05) is 20.8 Å². The van der Waals surface area contributed by atoms with Gasteiger partial charge in [-0.05, 0) is 15.6 Å². The Morgan fingerprint density at radius 2 is 1.40 bits per heavy atom. The van der Waals surface area contributed by atoms with Gasteiger partial charge in [-0.1, -0.05) is 20.8 Å². The van der Waals surface area contributed by atoms with Crippen molar-refractivity contribution >= 4 is 0 Å². The summed E-state index contributed by atoms with van der Waals surface area (Å²) in [7, 11) is 0. The monoisotopic (exact) mass is 139 g/mol. The van der Waals surface area contributed by atoms with Gasteiger partial charge in [-0.2, -0.15) is 0 Å². The van der Waals surface area contributed by atoms with Crippen molar-refractivity contribution in [1.29, 1.82) is 0 Å². The lowest BCUT2D eigenvalue weighted by Gasteiger charge is -2.12. The van der Waals surface area contributed by atoms with Crippen molar-refractivity contribution in [3.63, 3.8) is 0 Å². The van der Waals surface area contributed by atoms with Crippen molar-refractivity contribution in [3.8, 4) is 0 Å². The summed E-state index contributed by atoms with van der Waals surface area (Å²) < 4.78 is 0. The number of rotatable bonds is 0. The number of nitrogens with zero attached hydrogens (tertiary/aromatic N) is 5. The summed E-state index contributed by atoms with van der Waals surface area (Å²) in [5.74, 6) is 0.613. The summed E-state index contributed by atoms with van der Waals surface area (Å²) in [5.41, 5.74) is -0.0943. The molecule has 0 aliphatic rings. The van der Waals surface area contributed by atoms with Gasteiger partial charge >= 0.3 is 0 Å². The van der Waals surface area contributed by atoms with Crippen LogP contribution in [0.4, 0.5) is 0 Å². The summed E-state index contributed by atoms with van der Waals surface area (Å²) in [6.45, 7) is 5.98. The van der Waals surface area contributed by atoms with E-state index in [1.165, 1.54) is 0 Å². The van der Waals surface area contributed by atoms with Crippen LogP contribution in [0, 0.1) is 0 Å². The fourth-order valence-corrected chi connectivity index (χ4v) is 0.463. The molecule has 1 heterocycles. The Labute approximate surface area is 58.9 Å². The van der Waals surface area contributed by atoms with Gasteiger partial charge in [-0.25, -0.2) is 0 Å². The molecule has 10 heavy (non-hydrogen) atoms. The zero-order valence-corrected chi connectivity index (χ0v) is 6.24. The quantitative estimate of drug-likeness (QED) is 0.504. The molecule has 0 radical (unpaired) electrons. The number of aromatic nitrogens is 5. The van der Waals surface area contributed by atoms with Crippen molar-refractivity contribution in [2.75, 3.05) is 0 Å². The lowest BCUT2D eigenvalue weighted by atomic mass is 9.96. The van der Waals surface area contributed by atoms with Crippen LogP contribution in [0.5, 0.6) is 0 Å². The molecule has 0 atom stereocenters. The molecule has 1 aromatic rings. The fraction of sp³-hybridized carbons (Fsp3) is 0.800. The smallest absolute Gasteiger partial charge is 0.111 e. The molecule has 1 rings (SSSR count). The van der Waals surface area contributed by atoms with Gasteiger partial charge < -0.3 is 0 Å². The van der Waals surface area contributed by atoms with Crippen molar-refractivity contribution in [1.82, 2.24) is 25.8 Å². The first kappa shape index (κ1) is 6.98. The maximum atomic E-state index is 3.72. The van der Waals surface area contributed by atoms with Crippen LogP contribution in [-0.2, 0) is 5.41 Å². The molecule has 0 unspecified atom stereocenters. The van der Waals surface area contributed by atoms with E-state index in [4.69, 9.17) is 0 Å². The standard InChI is InChI=1S/C5H9N5/c1-5(2,3)4-6-8-10-9-7-4/h1-3H3. The number of hydrogen-bond donors (Lipinski definition) is 0. The van der Waals surface area contributed by atoms with E-state index in [9.17, 15) is 0 Å². The fourth-order valence-electron chi connectivity index (χ4n) is 0.463. The van der Waals surface area contributed by atoms with E-state index in [0.717, 1.165) is 0 Å². The van der Waals surface area contributed by atoms with Crippen LogP contribution in [0.15, 0.2) is 0 Å². The summed E-state index contributed by atoms with van der Waals surface area (Å²) in [5, 5.41) is 17.4. The van der Waals surface area contributed by atoms with Crippen LogP contribution in [0.3, 0.4) is 0 Å². The molecule has 1 aromatic heterocycles. The van der Waals surface area contributed by atoms with Gasteiger partial charge in [0.15, 0.2) is 5.82 Å². The molecular weight excluding hydrogens is 130 g/mol. The average molecular weight is 139 g/mol. The van der Waals surface area contributed by atoms with Crippen LogP contribution in [0.1, 0.15) is 26.6 Å². The van der Waals surface area contributed by atoms with E-state index < -0.39 is 0 Å². The first-order valence-electron chi connectivity index (χ1n) is 3.00. The second-order valence-corrected chi connectivity index (χ2v) is 3.04. The molecule has 0 aromatic carbocycles. The predicted octanol–water partition coefficient (Wildman–Crippen LogP) is -0.0409. The maximum absolute atomic E-state index is 3.72. The predicted molar refractivity (Wildman–Crippen MR) is 34.1 cm³/mol. The van der Waals surface area contributed by atoms with E-state index in [1.54, 1.807) is 0 Å². The highest BCUT2D eigenvalue weighted by Gasteiger charge is 2.17. The van der Waals surface area contributed by atoms with E-state index in [2.05, 4.69) is 25.8 Å². The molecule has 0 bridgehead atoms. The molecule has 0 spiro atoms. The molecule has 0 saturated heterocycles. The van der Waals surface area contributed by atoms with Gasteiger partial charge in [-0.15, -0.1) is 10.2 Å². The Morgan fingerprint density at radius 3 is 1.70 bits per heavy atom. The van der Waals surface area contributed by atoms with Gasteiger partial charge in [0.25, 0.3) is 0 Å². The Balaban J connectivity index is 2.97. The molecule has 0 saturated carbocycles. The van der Waals surface area contributed by atoms with Gasteiger partial charge in [-0.3, -0.25) is 0 Å². The molecule has 0 amide bonds. The Bertz CT molecular complexity index is 201. The second-order valence-electron chi connectivity index (χ2n) is 3.04. The second kappa shape index (κ2) is 2.24. The van der Waals surface area contributed by atoms with Crippen LogP contribution < -0.4 is 0 Å². The highest BCUT2D eigenvalue weighted by Crippen LogP contribution is 2.14. The first-order valence-corrected chi connectivity index (χ1v) is 3.00. The van der Waals surface area contributed by atoms with Crippen molar-refractivity contribution in [2.24, 2.45) is 0 Å². The van der Waals surface area contributed by atoms with Crippen LogP contribution >= 0.6 is 0 Å².